The van der Waals surface area contributed by atoms with Crippen molar-refractivity contribution >= 4 is 27.6 Å². The van der Waals surface area contributed by atoms with Crippen molar-refractivity contribution in [2.45, 2.75) is 11.8 Å². The normalized spacial score (nSPS) is 10.9. The van der Waals surface area contributed by atoms with Crippen molar-refractivity contribution in [2.75, 3.05) is 13.1 Å². The number of amides is 1. The first-order valence-electron chi connectivity index (χ1n) is 8.00. The van der Waals surface area contributed by atoms with Gasteiger partial charge in [-0.25, -0.2) is 13.1 Å². The average molecular weight is 407 g/mol. The van der Waals surface area contributed by atoms with E-state index < -0.39 is 26.8 Å². The van der Waals surface area contributed by atoms with Crippen molar-refractivity contribution < 1.29 is 27.7 Å². The lowest BCUT2D eigenvalue weighted by Crippen LogP contribution is -2.34. The first-order chi connectivity index (χ1) is 13.2. The fourth-order valence-corrected chi connectivity index (χ4v) is 3.19. The first kappa shape index (κ1) is 21.0. The fraction of sp³-hybridized carbons (Fsp3) is 0.176. The summed E-state index contributed by atoms with van der Waals surface area (Å²) in [6.07, 6.45) is 0. The summed E-state index contributed by atoms with van der Waals surface area (Å²) in [4.78, 5) is 32.9. The number of nitrogens with one attached hydrogen (secondary N) is 2. The number of nitro benzene ring substituents is 1. The molecule has 2 rings (SSSR count). The molecule has 0 aliphatic heterocycles. The van der Waals surface area contributed by atoms with Crippen LogP contribution in [0.5, 0.6) is 5.75 Å². The van der Waals surface area contributed by atoms with E-state index in [2.05, 4.69) is 10.0 Å². The van der Waals surface area contributed by atoms with Crippen LogP contribution in [0.3, 0.4) is 0 Å². The van der Waals surface area contributed by atoms with Gasteiger partial charge in [-0.05, 0) is 30.3 Å². The topological polar surface area (TPSA) is 145 Å². The van der Waals surface area contributed by atoms with Crippen LogP contribution in [0.4, 0.5) is 5.69 Å². The van der Waals surface area contributed by atoms with E-state index in [1.807, 2.05) is 0 Å². The van der Waals surface area contributed by atoms with Gasteiger partial charge in [0.05, 0.1) is 9.82 Å². The standard InChI is InChI=1S/C17H17N3O7S/c1-12(21)27-15-4-2-3-13(11-15)17(22)18-9-10-19-28(25,26)16-7-5-14(6-8-16)20(23)24/h2-8,11,19H,9-10H2,1H3,(H,18,22). The summed E-state index contributed by atoms with van der Waals surface area (Å²) in [6.45, 7) is 1.15. The maximum atomic E-state index is 12.1. The molecule has 0 aromatic heterocycles. The highest BCUT2D eigenvalue weighted by molar-refractivity contribution is 7.89. The Morgan fingerprint density at radius 3 is 2.39 bits per heavy atom. The highest BCUT2D eigenvalue weighted by Gasteiger charge is 2.15. The van der Waals surface area contributed by atoms with Crippen molar-refractivity contribution in [1.82, 2.24) is 10.0 Å². The van der Waals surface area contributed by atoms with Crippen LogP contribution in [0.25, 0.3) is 0 Å². The monoisotopic (exact) mass is 407 g/mol. The molecule has 0 spiro atoms. The molecular formula is C17H17N3O7S. The van der Waals surface area contributed by atoms with Gasteiger partial charge in [-0.3, -0.25) is 19.7 Å². The van der Waals surface area contributed by atoms with Crippen LogP contribution in [0.15, 0.2) is 53.4 Å². The summed E-state index contributed by atoms with van der Waals surface area (Å²) in [5.74, 6) is -0.763. The van der Waals surface area contributed by atoms with E-state index >= 15 is 0 Å². The predicted octanol–water partition coefficient (Wildman–Crippen LogP) is 1.23. The molecule has 2 aromatic rings. The first-order valence-corrected chi connectivity index (χ1v) is 9.48. The summed E-state index contributed by atoms with van der Waals surface area (Å²) in [6, 6.07) is 10.4. The number of sulfonamides is 1. The Balaban J connectivity index is 1.88. The van der Waals surface area contributed by atoms with E-state index in [1.165, 1.54) is 25.1 Å². The smallest absolute Gasteiger partial charge is 0.308 e. The van der Waals surface area contributed by atoms with Gasteiger partial charge in [0, 0.05) is 37.7 Å². The fourth-order valence-electron chi connectivity index (χ4n) is 2.16. The number of carbonyl (C=O) groups excluding carboxylic acids is 2. The van der Waals surface area contributed by atoms with E-state index in [0.717, 1.165) is 24.3 Å². The summed E-state index contributed by atoms with van der Waals surface area (Å²) >= 11 is 0. The Bertz CT molecular complexity index is 988. The minimum absolute atomic E-state index is 0.00282. The molecule has 1 amide bonds. The van der Waals surface area contributed by atoms with Crippen LogP contribution < -0.4 is 14.8 Å². The van der Waals surface area contributed by atoms with Crippen molar-refractivity contribution in [1.29, 1.82) is 0 Å². The van der Waals surface area contributed by atoms with Gasteiger partial charge in [0.2, 0.25) is 10.0 Å². The molecule has 2 aromatic carbocycles. The Morgan fingerprint density at radius 1 is 1.11 bits per heavy atom. The quantitative estimate of drug-likeness (QED) is 0.220. The molecule has 0 atom stereocenters. The molecular weight excluding hydrogens is 390 g/mol. The van der Waals surface area contributed by atoms with Crippen LogP contribution >= 0.6 is 0 Å². The number of carbonyl (C=O) groups is 2. The molecule has 0 aliphatic rings. The highest BCUT2D eigenvalue weighted by atomic mass is 32.2. The molecule has 11 heteroatoms. The van der Waals surface area contributed by atoms with Crippen LogP contribution in [0.1, 0.15) is 17.3 Å². The zero-order valence-electron chi connectivity index (χ0n) is 14.7. The summed E-state index contributed by atoms with van der Waals surface area (Å²) in [7, 11) is -3.87. The number of non-ortho nitro benzene ring substituents is 1. The van der Waals surface area contributed by atoms with E-state index in [-0.39, 0.29) is 35.0 Å². The molecule has 0 fully saturated rings. The number of hydrogen-bond acceptors (Lipinski definition) is 7. The van der Waals surface area contributed by atoms with E-state index in [9.17, 15) is 28.1 Å². The number of nitro groups is 1. The SMILES string of the molecule is CC(=O)Oc1cccc(C(=O)NCCNS(=O)(=O)c2ccc([N+](=O)[O-])cc2)c1. The summed E-state index contributed by atoms with van der Waals surface area (Å²) in [5.41, 5.74) is 0.0270. The molecule has 0 heterocycles. The maximum Gasteiger partial charge on any atom is 0.308 e. The van der Waals surface area contributed by atoms with Gasteiger partial charge in [-0.2, -0.15) is 0 Å². The van der Waals surface area contributed by atoms with Crippen molar-refractivity contribution in [3.8, 4) is 5.75 Å². The summed E-state index contributed by atoms with van der Waals surface area (Å²) < 4.78 is 31.4. The van der Waals surface area contributed by atoms with E-state index in [4.69, 9.17) is 4.74 Å². The van der Waals surface area contributed by atoms with Crippen LogP contribution in [0.2, 0.25) is 0 Å². The highest BCUT2D eigenvalue weighted by Crippen LogP contribution is 2.15. The predicted molar refractivity (Wildman–Crippen MR) is 98.4 cm³/mol. The van der Waals surface area contributed by atoms with Crippen molar-refractivity contribution in [3.05, 3.63) is 64.2 Å². The molecule has 0 bridgehead atoms. The van der Waals surface area contributed by atoms with Crippen LogP contribution in [-0.2, 0) is 14.8 Å². The number of ether oxygens (including phenoxy) is 1. The molecule has 148 valence electrons. The Kier molecular flexibility index (Phi) is 6.79. The lowest BCUT2D eigenvalue weighted by Gasteiger charge is -2.09. The third-order valence-electron chi connectivity index (χ3n) is 3.42. The molecule has 10 nitrogen and oxygen atoms in total. The van der Waals surface area contributed by atoms with Crippen molar-refractivity contribution in [2.24, 2.45) is 0 Å². The van der Waals surface area contributed by atoms with Gasteiger partial charge in [-0.1, -0.05) is 6.07 Å². The van der Waals surface area contributed by atoms with Gasteiger partial charge >= 0.3 is 5.97 Å². The molecule has 0 radical (unpaired) electrons. The number of nitrogens with zero attached hydrogens (tertiary/aromatic N) is 1. The molecule has 28 heavy (non-hydrogen) atoms. The average Bonchev–Trinajstić information content (AvgIpc) is 2.65. The van der Waals surface area contributed by atoms with Gasteiger partial charge in [0.1, 0.15) is 5.75 Å². The summed E-state index contributed by atoms with van der Waals surface area (Å²) in [5, 5.41) is 13.1. The van der Waals surface area contributed by atoms with Gasteiger partial charge < -0.3 is 10.1 Å². The molecule has 0 aliphatic carbocycles. The number of esters is 1. The Hall–Kier alpha value is -3.31. The van der Waals surface area contributed by atoms with Gasteiger partial charge in [0.25, 0.3) is 11.6 Å². The minimum atomic E-state index is -3.87. The maximum absolute atomic E-state index is 12.1. The lowest BCUT2D eigenvalue weighted by atomic mass is 10.2. The Morgan fingerprint density at radius 2 is 1.79 bits per heavy atom. The second-order valence-electron chi connectivity index (χ2n) is 5.53. The van der Waals surface area contributed by atoms with Crippen LogP contribution in [-0.4, -0.2) is 38.3 Å². The molecule has 0 saturated carbocycles. The molecule has 2 N–H and O–H groups in total. The van der Waals surface area contributed by atoms with E-state index in [1.54, 1.807) is 6.07 Å². The van der Waals surface area contributed by atoms with Gasteiger partial charge in [-0.15, -0.1) is 0 Å². The third-order valence-corrected chi connectivity index (χ3v) is 4.90. The zero-order valence-corrected chi connectivity index (χ0v) is 15.6. The Labute approximate surface area is 160 Å². The number of hydrogen-bond donors (Lipinski definition) is 2. The van der Waals surface area contributed by atoms with Gasteiger partial charge in [0.15, 0.2) is 0 Å². The third kappa shape index (κ3) is 5.86. The van der Waals surface area contributed by atoms with Crippen molar-refractivity contribution in [3.63, 3.8) is 0 Å². The largest absolute Gasteiger partial charge is 0.427 e. The second-order valence-corrected chi connectivity index (χ2v) is 7.29. The lowest BCUT2D eigenvalue weighted by molar-refractivity contribution is -0.384. The second kappa shape index (κ2) is 9.06. The van der Waals surface area contributed by atoms with E-state index in [0.29, 0.717) is 0 Å². The van der Waals surface area contributed by atoms with Crippen LogP contribution in [0, 0.1) is 10.1 Å². The minimum Gasteiger partial charge on any atom is -0.427 e. The molecule has 0 unspecified atom stereocenters. The number of rotatable bonds is 8. The molecule has 0 saturated heterocycles. The number of benzene rings is 2. The zero-order chi connectivity index (χ0) is 20.7.